The minimum absolute atomic E-state index is 0.152. The number of amides is 1. The molecule has 0 saturated heterocycles. The zero-order chi connectivity index (χ0) is 25.5. The van der Waals surface area contributed by atoms with Gasteiger partial charge in [0.2, 0.25) is 5.91 Å². The first-order chi connectivity index (χ1) is 16.8. The molecule has 0 unspecified atom stereocenters. The number of hydrogen-bond acceptors (Lipinski definition) is 7. The van der Waals surface area contributed by atoms with Gasteiger partial charge in [-0.15, -0.1) is 0 Å². The van der Waals surface area contributed by atoms with Crippen molar-refractivity contribution >= 4 is 52.2 Å². The SMILES string of the molecule is COC(=O)c1cc(OC)c(OC)cc1NCC(=O)Nc1ccc(Cl)cc1C(=O)c1ccccc1Cl. The molecule has 8 nitrogen and oxygen atoms in total. The van der Waals surface area contributed by atoms with Gasteiger partial charge < -0.3 is 24.8 Å². The summed E-state index contributed by atoms with van der Waals surface area (Å²) in [4.78, 5) is 38.1. The summed E-state index contributed by atoms with van der Waals surface area (Å²) < 4.78 is 15.3. The summed E-state index contributed by atoms with van der Waals surface area (Å²) in [6, 6.07) is 14.1. The summed E-state index contributed by atoms with van der Waals surface area (Å²) in [5.74, 6) is -0.820. The van der Waals surface area contributed by atoms with Gasteiger partial charge in [0, 0.05) is 28.3 Å². The van der Waals surface area contributed by atoms with Crippen LogP contribution in [0.4, 0.5) is 11.4 Å². The predicted molar refractivity (Wildman–Crippen MR) is 134 cm³/mol. The lowest BCUT2D eigenvalue weighted by molar-refractivity contribution is -0.114. The van der Waals surface area contributed by atoms with Crippen LogP contribution in [-0.2, 0) is 9.53 Å². The molecular formula is C25H22Cl2N2O6. The van der Waals surface area contributed by atoms with E-state index >= 15 is 0 Å². The molecular weight excluding hydrogens is 495 g/mol. The van der Waals surface area contributed by atoms with Crippen LogP contribution < -0.4 is 20.1 Å². The van der Waals surface area contributed by atoms with Gasteiger partial charge in [-0.3, -0.25) is 9.59 Å². The number of carbonyl (C=O) groups is 3. The Morgan fingerprint density at radius 3 is 2.14 bits per heavy atom. The molecule has 35 heavy (non-hydrogen) atoms. The quantitative estimate of drug-likeness (QED) is 0.302. The molecule has 3 rings (SSSR count). The second kappa shape index (κ2) is 11.6. The van der Waals surface area contributed by atoms with E-state index in [4.69, 9.17) is 37.4 Å². The topological polar surface area (TPSA) is 103 Å². The van der Waals surface area contributed by atoms with Crippen molar-refractivity contribution in [1.29, 1.82) is 0 Å². The summed E-state index contributed by atoms with van der Waals surface area (Å²) in [7, 11) is 4.13. The van der Waals surface area contributed by atoms with Crippen LogP contribution in [0.2, 0.25) is 10.0 Å². The number of halogens is 2. The van der Waals surface area contributed by atoms with Crippen molar-refractivity contribution in [3.8, 4) is 11.5 Å². The Bertz CT molecular complexity index is 1280. The van der Waals surface area contributed by atoms with Crippen LogP contribution in [0.5, 0.6) is 11.5 Å². The molecule has 0 spiro atoms. The van der Waals surface area contributed by atoms with Crippen LogP contribution in [0.1, 0.15) is 26.3 Å². The maximum atomic E-state index is 13.1. The first-order valence-corrected chi connectivity index (χ1v) is 11.0. The number of methoxy groups -OCH3 is 3. The van der Waals surface area contributed by atoms with E-state index in [-0.39, 0.29) is 33.9 Å². The van der Waals surface area contributed by atoms with Gasteiger partial charge >= 0.3 is 5.97 Å². The highest BCUT2D eigenvalue weighted by molar-refractivity contribution is 6.36. The van der Waals surface area contributed by atoms with Crippen molar-refractivity contribution in [3.05, 3.63) is 81.3 Å². The van der Waals surface area contributed by atoms with Crippen molar-refractivity contribution in [2.75, 3.05) is 38.5 Å². The van der Waals surface area contributed by atoms with Gasteiger partial charge in [-0.25, -0.2) is 4.79 Å². The van der Waals surface area contributed by atoms with Crippen LogP contribution in [0, 0.1) is 0 Å². The lowest BCUT2D eigenvalue weighted by Crippen LogP contribution is -2.24. The number of anilines is 2. The van der Waals surface area contributed by atoms with E-state index < -0.39 is 17.7 Å². The molecule has 0 aromatic heterocycles. The lowest BCUT2D eigenvalue weighted by Gasteiger charge is -2.16. The first-order valence-electron chi connectivity index (χ1n) is 10.3. The van der Waals surface area contributed by atoms with Crippen LogP contribution in [-0.4, -0.2) is 45.5 Å². The smallest absolute Gasteiger partial charge is 0.340 e. The first kappa shape index (κ1) is 25.9. The molecule has 0 bridgehead atoms. The average molecular weight is 517 g/mol. The van der Waals surface area contributed by atoms with Crippen LogP contribution in [0.25, 0.3) is 0 Å². The highest BCUT2D eigenvalue weighted by Crippen LogP contribution is 2.34. The van der Waals surface area contributed by atoms with Gasteiger partial charge in [0.25, 0.3) is 0 Å². The number of carbonyl (C=O) groups excluding carboxylic acids is 3. The van der Waals surface area contributed by atoms with Crippen LogP contribution >= 0.6 is 23.2 Å². The molecule has 0 aliphatic rings. The molecule has 0 aliphatic carbocycles. The lowest BCUT2D eigenvalue weighted by atomic mass is 10.0. The number of nitrogens with one attached hydrogen (secondary N) is 2. The Morgan fingerprint density at radius 1 is 0.800 bits per heavy atom. The summed E-state index contributed by atoms with van der Waals surface area (Å²) in [6.07, 6.45) is 0. The fourth-order valence-corrected chi connectivity index (χ4v) is 3.67. The normalized spacial score (nSPS) is 10.3. The number of ketones is 1. The van der Waals surface area contributed by atoms with Gasteiger partial charge in [-0.2, -0.15) is 0 Å². The molecule has 0 fully saturated rings. The third kappa shape index (κ3) is 6.03. The number of esters is 1. The number of benzene rings is 3. The molecule has 3 aromatic rings. The predicted octanol–water partition coefficient (Wildman–Crippen LogP) is 5.08. The molecule has 0 radical (unpaired) electrons. The van der Waals surface area contributed by atoms with Gasteiger partial charge in [0.05, 0.1) is 49.8 Å². The molecule has 0 atom stereocenters. The second-order valence-corrected chi connectivity index (χ2v) is 7.99. The zero-order valence-corrected chi connectivity index (χ0v) is 20.6. The highest BCUT2D eigenvalue weighted by atomic mass is 35.5. The number of rotatable bonds is 9. The molecule has 0 saturated carbocycles. The van der Waals surface area contributed by atoms with E-state index in [1.165, 1.54) is 45.6 Å². The van der Waals surface area contributed by atoms with Gasteiger partial charge in [0.15, 0.2) is 17.3 Å². The average Bonchev–Trinajstić information content (AvgIpc) is 2.87. The van der Waals surface area contributed by atoms with Crippen molar-refractivity contribution in [2.45, 2.75) is 0 Å². The summed E-state index contributed by atoms with van der Waals surface area (Å²) in [5, 5.41) is 6.19. The molecule has 0 heterocycles. The van der Waals surface area contributed by atoms with Gasteiger partial charge in [-0.05, 0) is 30.3 Å². The van der Waals surface area contributed by atoms with Crippen LogP contribution in [0.3, 0.4) is 0 Å². The molecule has 3 aromatic carbocycles. The fourth-order valence-electron chi connectivity index (χ4n) is 3.28. The Hall–Kier alpha value is -3.75. The van der Waals surface area contributed by atoms with Crippen molar-refractivity contribution in [3.63, 3.8) is 0 Å². The standard InChI is InChI=1S/C25H22Cl2N2O6/c1-33-21-11-17(25(32)35-3)20(12-22(21)34-2)28-13-23(30)29-19-9-8-14(26)10-16(19)24(31)15-6-4-5-7-18(15)27/h4-12,28H,13H2,1-3H3,(H,29,30). The van der Waals surface area contributed by atoms with Crippen molar-refractivity contribution < 1.29 is 28.6 Å². The zero-order valence-electron chi connectivity index (χ0n) is 19.1. The minimum Gasteiger partial charge on any atom is -0.493 e. The number of ether oxygens (including phenoxy) is 3. The summed E-state index contributed by atoms with van der Waals surface area (Å²) in [5.41, 5.74) is 1.16. The maximum Gasteiger partial charge on any atom is 0.340 e. The molecule has 2 N–H and O–H groups in total. The van der Waals surface area contributed by atoms with E-state index in [9.17, 15) is 14.4 Å². The molecule has 0 aliphatic heterocycles. The van der Waals surface area contributed by atoms with E-state index in [1.54, 1.807) is 30.3 Å². The van der Waals surface area contributed by atoms with E-state index in [0.717, 1.165) is 0 Å². The van der Waals surface area contributed by atoms with E-state index in [2.05, 4.69) is 10.6 Å². The number of hydrogen-bond donors (Lipinski definition) is 2. The Kier molecular flexibility index (Phi) is 8.57. The third-order valence-corrected chi connectivity index (χ3v) is 5.55. The Balaban J connectivity index is 1.83. The van der Waals surface area contributed by atoms with E-state index in [1.807, 2.05) is 0 Å². The highest BCUT2D eigenvalue weighted by Gasteiger charge is 2.20. The van der Waals surface area contributed by atoms with Gasteiger partial charge in [0.1, 0.15) is 0 Å². The molecule has 1 amide bonds. The maximum absolute atomic E-state index is 13.1. The van der Waals surface area contributed by atoms with Crippen molar-refractivity contribution in [1.82, 2.24) is 0 Å². The Labute approximate surface area is 212 Å². The third-order valence-electron chi connectivity index (χ3n) is 4.99. The molecule has 182 valence electrons. The summed E-state index contributed by atoms with van der Waals surface area (Å²) >= 11 is 12.3. The Morgan fingerprint density at radius 2 is 1.49 bits per heavy atom. The second-order valence-electron chi connectivity index (χ2n) is 7.14. The minimum atomic E-state index is -0.626. The molecule has 10 heteroatoms. The van der Waals surface area contributed by atoms with Crippen LogP contribution in [0.15, 0.2) is 54.6 Å². The summed E-state index contributed by atoms with van der Waals surface area (Å²) in [6.45, 7) is -0.234. The van der Waals surface area contributed by atoms with Crippen molar-refractivity contribution in [2.24, 2.45) is 0 Å². The van der Waals surface area contributed by atoms with Gasteiger partial charge in [-0.1, -0.05) is 35.3 Å². The monoisotopic (exact) mass is 516 g/mol. The largest absolute Gasteiger partial charge is 0.493 e. The van der Waals surface area contributed by atoms with E-state index in [0.29, 0.717) is 22.2 Å². The fraction of sp³-hybridized carbons (Fsp3) is 0.160.